The monoisotopic (exact) mass is 247 g/mol. The highest BCUT2D eigenvalue weighted by Gasteiger charge is 2.66. The van der Waals surface area contributed by atoms with Crippen molar-refractivity contribution in [2.75, 3.05) is 7.11 Å². The van der Waals surface area contributed by atoms with Gasteiger partial charge in [-0.2, -0.15) is 0 Å². The van der Waals surface area contributed by atoms with Crippen molar-refractivity contribution in [2.24, 2.45) is 0 Å². The van der Waals surface area contributed by atoms with Crippen molar-refractivity contribution in [1.29, 1.82) is 0 Å². The van der Waals surface area contributed by atoms with Crippen LogP contribution in [0.1, 0.15) is 27.7 Å². The Kier molecular flexibility index (Phi) is 3.66. The maximum absolute atomic E-state index is 12.0. The summed E-state index contributed by atoms with van der Waals surface area (Å²) in [6, 6.07) is -1.27. The summed E-state index contributed by atoms with van der Waals surface area (Å²) < 4.78 is 17.6. The minimum Gasteiger partial charge on any atom is -0.597 e. The van der Waals surface area contributed by atoms with E-state index < -0.39 is 34.2 Å². The van der Waals surface area contributed by atoms with Crippen LogP contribution in [0.2, 0.25) is 0 Å². The molecule has 16 heavy (non-hydrogen) atoms. The maximum Gasteiger partial charge on any atom is 0.330 e. The zero-order chi connectivity index (χ0) is 12.7. The van der Waals surface area contributed by atoms with Crippen LogP contribution in [0.4, 0.5) is 0 Å². The molecule has 0 saturated carbocycles. The number of nitrogens with zero attached hydrogens (tertiary/aromatic N) is 1. The molecule has 1 aliphatic heterocycles. The number of rotatable bonds is 3. The fraction of sp³-hybridized carbons (Fsp3) is 0.800. The summed E-state index contributed by atoms with van der Waals surface area (Å²) in [5.74, 6) is -0.661. The van der Waals surface area contributed by atoms with Crippen LogP contribution in [0.3, 0.4) is 0 Å². The second-order valence-corrected chi connectivity index (χ2v) is 6.89. The van der Waals surface area contributed by atoms with E-state index in [4.69, 9.17) is 0 Å². The Balaban J connectivity index is 2.82. The molecule has 1 rings (SSSR count). The van der Waals surface area contributed by atoms with Gasteiger partial charge < -0.3 is 9.29 Å². The fourth-order valence-corrected chi connectivity index (χ4v) is 2.94. The van der Waals surface area contributed by atoms with E-state index in [1.165, 1.54) is 18.3 Å². The van der Waals surface area contributed by atoms with Crippen LogP contribution in [0.15, 0.2) is 0 Å². The van der Waals surface area contributed by atoms with Gasteiger partial charge in [0.2, 0.25) is 0 Å². The lowest BCUT2D eigenvalue weighted by Crippen LogP contribution is -2.36. The molecular weight excluding hydrogens is 230 g/mol. The van der Waals surface area contributed by atoms with Crippen molar-refractivity contribution in [3.8, 4) is 0 Å². The molecule has 0 aromatic rings. The first-order chi connectivity index (χ1) is 7.21. The second-order valence-electron chi connectivity index (χ2n) is 4.74. The number of ketones is 1. The Labute approximate surface area is 98.4 Å². The van der Waals surface area contributed by atoms with Crippen LogP contribution in [0.25, 0.3) is 0 Å². The largest absolute Gasteiger partial charge is 0.597 e. The molecule has 0 aliphatic carbocycles. The first kappa shape index (κ1) is 13.5. The molecule has 0 aromatic carbocycles. The molecule has 1 saturated heterocycles. The smallest absolute Gasteiger partial charge is 0.330 e. The number of ether oxygens (including phenoxy) is 1. The quantitative estimate of drug-likeness (QED) is 0.406. The average Bonchev–Trinajstić information content (AvgIpc) is 2.88. The van der Waals surface area contributed by atoms with Crippen molar-refractivity contribution in [3.05, 3.63) is 0 Å². The van der Waals surface area contributed by atoms with Gasteiger partial charge in [0.25, 0.3) is 0 Å². The van der Waals surface area contributed by atoms with Crippen LogP contribution < -0.4 is 0 Å². The minimum absolute atomic E-state index is 0.159. The molecule has 0 bridgehead atoms. The summed E-state index contributed by atoms with van der Waals surface area (Å²) in [7, 11) is 1.26. The van der Waals surface area contributed by atoms with Crippen LogP contribution in [-0.2, 0) is 25.7 Å². The molecule has 0 spiro atoms. The molecule has 1 fully saturated rings. The van der Waals surface area contributed by atoms with Gasteiger partial charge in [0.05, 0.1) is 7.11 Å². The van der Waals surface area contributed by atoms with Crippen LogP contribution in [-0.4, -0.2) is 44.6 Å². The van der Waals surface area contributed by atoms with E-state index in [0.29, 0.717) is 0 Å². The lowest BCUT2D eigenvalue weighted by Gasteiger charge is -2.24. The Hall–Kier alpha value is -0.590. The summed E-state index contributed by atoms with van der Waals surface area (Å²) in [5.41, 5.74) is 0. The number of carbonyl (C=O) groups is 2. The summed E-state index contributed by atoms with van der Waals surface area (Å²) >= 11 is -1.37. The van der Waals surface area contributed by atoms with Gasteiger partial charge in [0.1, 0.15) is 10.8 Å². The van der Waals surface area contributed by atoms with E-state index in [1.807, 2.05) is 0 Å². The summed E-state index contributed by atoms with van der Waals surface area (Å²) in [6.45, 7) is 6.79. The third kappa shape index (κ3) is 2.39. The van der Waals surface area contributed by atoms with Crippen molar-refractivity contribution in [1.82, 2.24) is 4.31 Å². The van der Waals surface area contributed by atoms with Gasteiger partial charge in [-0.05, 0) is 27.7 Å². The first-order valence-electron chi connectivity index (χ1n) is 5.00. The molecule has 4 atom stereocenters. The number of Topliss-reactive ketones (excluding diaryl/α,β-unsaturated/α-hetero) is 1. The van der Waals surface area contributed by atoms with Crippen molar-refractivity contribution >= 4 is 23.1 Å². The summed E-state index contributed by atoms with van der Waals surface area (Å²) in [4.78, 5) is 22.7. The lowest BCUT2D eigenvalue weighted by atomic mass is 10.2. The molecule has 1 aliphatic rings. The zero-order valence-corrected chi connectivity index (χ0v) is 11.0. The summed E-state index contributed by atoms with van der Waals surface area (Å²) in [6.07, 6.45) is 0. The Bertz CT molecular complexity index is 312. The highest BCUT2D eigenvalue weighted by atomic mass is 32.2. The second kappa shape index (κ2) is 4.35. The predicted octanol–water partition coefficient (Wildman–Crippen LogP) is 0.263. The standard InChI is InChI=1S/C10H17NO4S/c1-6(12)7-8(9(13)15-5)11(7)16(14)10(2,3)4/h7-8H,1-5H3/t7-,8-,11?,16+/m1/s1. The molecule has 0 N–H and O–H groups in total. The SMILES string of the molecule is COC(=O)[C@H]1[C@@H](C(C)=O)N1[S@@+]([O-])C(C)(C)C. The number of esters is 1. The number of hydrogen-bond acceptors (Lipinski definition) is 5. The third-order valence-corrected chi connectivity index (χ3v) is 4.22. The molecule has 1 unspecified atom stereocenters. The van der Waals surface area contributed by atoms with E-state index in [-0.39, 0.29) is 5.78 Å². The maximum atomic E-state index is 12.0. The van der Waals surface area contributed by atoms with Gasteiger partial charge in [-0.3, -0.25) is 9.59 Å². The van der Waals surface area contributed by atoms with Gasteiger partial charge >= 0.3 is 5.97 Å². The zero-order valence-electron chi connectivity index (χ0n) is 10.1. The van der Waals surface area contributed by atoms with E-state index >= 15 is 0 Å². The van der Waals surface area contributed by atoms with Gasteiger partial charge in [-0.25, -0.2) is 0 Å². The highest BCUT2D eigenvalue weighted by molar-refractivity contribution is 7.90. The first-order valence-corrected chi connectivity index (χ1v) is 6.11. The van der Waals surface area contributed by atoms with Gasteiger partial charge in [-0.15, -0.1) is 0 Å². The van der Waals surface area contributed by atoms with Gasteiger partial charge in [0, 0.05) is 11.4 Å². The lowest BCUT2D eigenvalue weighted by molar-refractivity contribution is -0.141. The van der Waals surface area contributed by atoms with Crippen molar-refractivity contribution in [2.45, 2.75) is 44.5 Å². The number of methoxy groups -OCH3 is 1. The van der Waals surface area contributed by atoms with Crippen molar-refractivity contribution < 1.29 is 18.9 Å². The highest BCUT2D eigenvalue weighted by Crippen LogP contribution is 2.38. The Morgan fingerprint density at radius 2 is 1.81 bits per heavy atom. The van der Waals surface area contributed by atoms with E-state index in [0.717, 1.165) is 0 Å². The molecular formula is C10H17NO4S. The third-order valence-electron chi connectivity index (χ3n) is 2.33. The van der Waals surface area contributed by atoms with E-state index in [2.05, 4.69) is 4.74 Å². The molecule has 6 heteroatoms. The summed E-state index contributed by atoms with van der Waals surface area (Å²) in [5, 5.41) is 0. The Morgan fingerprint density at radius 3 is 2.12 bits per heavy atom. The van der Waals surface area contributed by atoms with Crippen LogP contribution in [0.5, 0.6) is 0 Å². The van der Waals surface area contributed by atoms with Crippen molar-refractivity contribution in [3.63, 3.8) is 0 Å². The molecule has 1 heterocycles. The number of hydrogen-bond donors (Lipinski definition) is 0. The molecule has 92 valence electrons. The molecule has 0 amide bonds. The minimum atomic E-state index is -1.37. The number of carbonyl (C=O) groups excluding carboxylic acids is 2. The molecule has 5 nitrogen and oxygen atoms in total. The topological polar surface area (TPSA) is 69.4 Å². The predicted molar refractivity (Wildman–Crippen MR) is 60.0 cm³/mol. The van der Waals surface area contributed by atoms with Crippen LogP contribution >= 0.6 is 0 Å². The van der Waals surface area contributed by atoms with E-state index in [9.17, 15) is 14.1 Å². The normalized spacial score (nSPS) is 30.8. The average molecular weight is 247 g/mol. The fourth-order valence-electron chi connectivity index (χ4n) is 1.49. The van der Waals surface area contributed by atoms with Crippen LogP contribution in [0, 0.1) is 0 Å². The van der Waals surface area contributed by atoms with Gasteiger partial charge in [-0.1, -0.05) is 4.31 Å². The molecule has 0 radical (unpaired) electrons. The van der Waals surface area contributed by atoms with Gasteiger partial charge in [0.15, 0.2) is 11.8 Å². The Morgan fingerprint density at radius 1 is 1.31 bits per heavy atom. The molecule has 0 aromatic heterocycles. The van der Waals surface area contributed by atoms with E-state index in [1.54, 1.807) is 20.8 Å².